The smallest absolute Gasteiger partial charge is 0.395 e. The van der Waals surface area contributed by atoms with Gasteiger partial charge in [-0.2, -0.15) is 0 Å². The Labute approximate surface area is 118 Å². The summed E-state index contributed by atoms with van der Waals surface area (Å²) in [7, 11) is 0. The number of nitrogens with one attached hydrogen (secondary N) is 2. The fourth-order valence-corrected chi connectivity index (χ4v) is 1.89. The second kappa shape index (κ2) is 4.87. The van der Waals surface area contributed by atoms with Gasteiger partial charge in [-0.3, -0.25) is 9.59 Å². The van der Waals surface area contributed by atoms with Crippen molar-refractivity contribution in [1.82, 2.24) is 5.32 Å². The molecule has 1 fully saturated rings. The predicted octanol–water partition coefficient (Wildman–Crippen LogP) is 1.47. The zero-order chi connectivity index (χ0) is 15.0. The molecule has 0 saturated heterocycles. The van der Waals surface area contributed by atoms with Gasteiger partial charge in [-0.1, -0.05) is 0 Å². The molecule has 0 radical (unpaired) electrons. The number of fused-ring (bicyclic) bond motifs is 1. The van der Waals surface area contributed by atoms with E-state index in [9.17, 15) is 18.4 Å². The van der Waals surface area contributed by atoms with Crippen molar-refractivity contribution in [2.75, 3.05) is 11.9 Å². The molecule has 1 saturated carbocycles. The molecule has 2 N–H and O–H groups in total. The average Bonchev–Trinajstić information content (AvgIpc) is 3.19. The first-order chi connectivity index (χ1) is 9.93. The molecule has 8 heteroatoms. The zero-order valence-electron chi connectivity index (χ0n) is 10.8. The van der Waals surface area contributed by atoms with E-state index in [1.807, 2.05) is 0 Å². The third-order valence-electron chi connectivity index (χ3n) is 3.06. The van der Waals surface area contributed by atoms with Crippen LogP contribution < -0.4 is 20.1 Å². The molecule has 21 heavy (non-hydrogen) atoms. The molecule has 0 spiro atoms. The standard InChI is InChI=1S/C13H12F2N2O4/c14-13(15)20-9-4-3-8(5-10(9)21-13)17-11(18)6-16-12(19)7-1-2-7/h3-5,7H,1-2,6H2,(H,16,19)(H,17,18). The van der Waals surface area contributed by atoms with Gasteiger partial charge in [0.05, 0.1) is 6.54 Å². The molecule has 2 aliphatic rings. The summed E-state index contributed by atoms with van der Waals surface area (Å²) in [6.45, 7) is -0.167. The molecule has 0 bridgehead atoms. The number of anilines is 1. The lowest BCUT2D eigenvalue weighted by Gasteiger charge is -2.07. The number of benzene rings is 1. The minimum absolute atomic E-state index is 0.0191. The van der Waals surface area contributed by atoms with Crippen molar-refractivity contribution < 1.29 is 27.8 Å². The first-order valence-electron chi connectivity index (χ1n) is 6.40. The van der Waals surface area contributed by atoms with Crippen molar-refractivity contribution in [2.45, 2.75) is 19.1 Å². The van der Waals surface area contributed by atoms with E-state index in [-0.39, 0.29) is 35.6 Å². The largest absolute Gasteiger partial charge is 0.586 e. The normalized spacial score (nSPS) is 18.2. The topological polar surface area (TPSA) is 76.7 Å². The summed E-state index contributed by atoms with van der Waals surface area (Å²) in [4.78, 5) is 23.0. The van der Waals surface area contributed by atoms with Gasteiger partial charge in [0, 0.05) is 17.7 Å². The molecule has 3 rings (SSSR count). The Morgan fingerprint density at radius 2 is 1.95 bits per heavy atom. The third-order valence-corrected chi connectivity index (χ3v) is 3.06. The SMILES string of the molecule is O=C(CNC(=O)C1CC1)Nc1ccc2c(c1)OC(F)(F)O2. The Bertz CT molecular complexity index is 602. The molecule has 0 atom stereocenters. The maximum atomic E-state index is 12.8. The minimum atomic E-state index is -3.69. The quantitative estimate of drug-likeness (QED) is 0.882. The van der Waals surface area contributed by atoms with Gasteiger partial charge >= 0.3 is 6.29 Å². The summed E-state index contributed by atoms with van der Waals surface area (Å²) in [5, 5.41) is 4.98. The lowest BCUT2D eigenvalue weighted by molar-refractivity contribution is -0.286. The second-order valence-electron chi connectivity index (χ2n) is 4.87. The summed E-state index contributed by atoms with van der Waals surface area (Å²) in [5.74, 6) is -0.824. The highest BCUT2D eigenvalue weighted by Crippen LogP contribution is 2.42. The summed E-state index contributed by atoms with van der Waals surface area (Å²) < 4.78 is 34.2. The number of ether oxygens (including phenoxy) is 2. The van der Waals surface area contributed by atoms with Gasteiger partial charge < -0.3 is 20.1 Å². The number of carbonyl (C=O) groups is 2. The second-order valence-corrected chi connectivity index (χ2v) is 4.87. The van der Waals surface area contributed by atoms with Crippen LogP contribution in [0.1, 0.15) is 12.8 Å². The number of halogens is 2. The van der Waals surface area contributed by atoms with E-state index in [2.05, 4.69) is 20.1 Å². The fourth-order valence-electron chi connectivity index (χ4n) is 1.89. The molecule has 6 nitrogen and oxygen atoms in total. The van der Waals surface area contributed by atoms with Crippen LogP contribution >= 0.6 is 0 Å². The van der Waals surface area contributed by atoms with Gasteiger partial charge in [0.1, 0.15) is 0 Å². The lowest BCUT2D eigenvalue weighted by atomic mass is 10.2. The molecule has 1 aliphatic heterocycles. The maximum Gasteiger partial charge on any atom is 0.586 e. The maximum absolute atomic E-state index is 12.8. The van der Waals surface area contributed by atoms with E-state index in [1.54, 1.807) is 0 Å². The zero-order valence-corrected chi connectivity index (χ0v) is 10.8. The van der Waals surface area contributed by atoms with E-state index in [1.165, 1.54) is 18.2 Å². The van der Waals surface area contributed by atoms with E-state index >= 15 is 0 Å². The van der Waals surface area contributed by atoms with E-state index in [4.69, 9.17) is 0 Å². The molecule has 0 unspecified atom stereocenters. The minimum Gasteiger partial charge on any atom is -0.395 e. The lowest BCUT2D eigenvalue weighted by Crippen LogP contribution is -2.33. The van der Waals surface area contributed by atoms with Gasteiger partial charge in [-0.15, -0.1) is 8.78 Å². The molecular weight excluding hydrogens is 286 g/mol. The number of amides is 2. The number of rotatable bonds is 4. The highest BCUT2D eigenvalue weighted by Gasteiger charge is 2.43. The van der Waals surface area contributed by atoms with Gasteiger partial charge in [-0.25, -0.2) is 0 Å². The molecule has 1 aliphatic carbocycles. The highest BCUT2D eigenvalue weighted by molar-refractivity contribution is 5.95. The van der Waals surface area contributed by atoms with Gasteiger partial charge in [-0.05, 0) is 25.0 Å². The van der Waals surface area contributed by atoms with Crippen LogP contribution in [0.25, 0.3) is 0 Å². The first kappa shape index (κ1) is 13.6. The van der Waals surface area contributed by atoms with Crippen LogP contribution in [0.15, 0.2) is 18.2 Å². The van der Waals surface area contributed by atoms with Gasteiger partial charge in [0.25, 0.3) is 0 Å². The third kappa shape index (κ3) is 3.21. The number of hydrogen-bond acceptors (Lipinski definition) is 4. The summed E-state index contributed by atoms with van der Waals surface area (Å²) in [6, 6.07) is 3.91. The Hall–Kier alpha value is -2.38. The Morgan fingerprint density at radius 3 is 2.67 bits per heavy atom. The van der Waals surface area contributed by atoms with Crippen LogP contribution in [0.3, 0.4) is 0 Å². The van der Waals surface area contributed by atoms with Crippen molar-refractivity contribution in [1.29, 1.82) is 0 Å². The molecule has 2 amide bonds. The summed E-state index contributed by atoms with van der Waals surface area (Å²) >= 11 is 0. The van der Waals surface area contributed by atoms with Crippen molar-refractivity contribution in [3.05, 3.63) is 18.2 Å². The number of hydrogen-bond donors (Lipinski definition) is 2. The van der Waals surface area contributed by atoms with Crippen LogP contribution in [0.4, 0.5) is 14.5 Å². The Kier molecular flexibility index (Phi) is 3.15. The molecule has 1 heterocycles. The first-order valence-corrected chi connectivity index (χ1v) is 6.40. The molecule has 112 valence electrons. The van der Waals surface area contributed by atoms with E-state index < -0.39 is 12.2 Å². The van der Waals surface area contributed by atoms with E-state index in [0.717, 1.165) is 12.8 Å². The molecule has 1 aromatic rings. The monoisotopic (exact) mass is 298 g/mol. The van der Waals surface area contributed by atoms with Gasteiger partial charge in [0.15, 0.2) is 11.5 Å². The molecule has 1 aromatic carbocycles. The Balaban J connectivity index is 1.56. The van der Waals surface area contributed by atoms with Crippen LogP contribution in [0.5, 0.6) is 11.5 Å². The van der Waals surface area contributed by atoms with Crippen LogP contribution in [-0.4, -0.2) is 24.7 Å². The van der Waals surface area contributed by atoms with Crippen LogP contribution in [0, 0.1) is 5.92 Å². The summed E-state index contributed by atoms with van der Waals surface area (Å²) in [5.41, 5.74) is 0.278. The van der Waals surface area contributed by atoms with Crippen molar-refractivity contribution in [3.63, 3.8) is 0 Å². The van der Waals surface area contributed by atoms with Crippen molar-refractivity contribution >= 4 is 17.5 Å². The van der Waals surface area contributed by atoms with Gasteiger partial charge in [0.2, 0.25) is 11.8 Å². The van der Waals surface area contributed by atoms with E-state index in [0.29, 0.717) is 0 Å². The molecule has 0 aromatic heterocycles. The number of alkyl halides is 2. The highest BCUT2D eigenvalue weighted by atomic mass is 19.3. The van der Waals surface area contributed by atoms with Crippen molar-refractivity contribution in [2.24, 2.45) is 5.92 Å². The predicted molar refractivity (Wildman–Crippen MR) is 67.0 cm³/mol. The van der Waals surface area contributed by atoms with Crippen LogP contribution in [0.2, 0.25) is 0 Å². The average molecular weight is 298 g/mol. The fraction of sp³-hybridized carbons (Fsp3) is 0.385. The van der Waals surface area contributed by atoms with Crippen molar-refractivity contribution in [3.8, 4) is 11.5 Å². The molecular formula is C13H12F2N2O4. The number of carbonyl (C=O) groups excluding carboxylic acids is 2. The Morgan fingerprint density at radius 1 is 1.24 bits per heavy atom. The summed E-state index contributed by atoms with van der Waals surface area (Å²) in [6.07, 6.45) is -1.99. The van der Waals surface area contributed by atoms with Crippen LogP contribution in [-0.2, 0) is 9.59 Å².